The Morgan fingerprint density at radius 2 is 1.80 bits per heavy atom. The fraction of sp³-hybridized carbons (Fsp3) is 0.909. The van der Waals surface area contributed by atoms with Crippen molar-refractivity contribution >= 4 is 16.9 Å². The van der Waals surface area contributed by atoms with Gasteiger partial charge in [-0.15, -0.1) is 0 Å². The smallest absolute Gasteiger partial charge is 0.194 e. The van der Waals surface area contributed by atoms with Gasteiger partial charge in [-0.05, 0) is 13.8 Å². The molecule has 0 aromatic heterocycles. The first-order valence-electron chi connectivity index (χ1n) is 5.11. The minimum Gasteiger partial charge on any atom is -0.394 e. The van der Waals surface area contributed by atoms with Crippen molar-refractivity contribution in [1.29, 1.82) is 0 Å². The minimum absolute atomic E-state index is 0.0152. The van der Waals surface area contributed by atoms with Gasteiger partial charge >= 0.3 is 0 Å². The molecule has 0 amide bonds. The minimum atomic E-state index is -0.367. The first kappa shape index (κ1) is 14.9. The molecule has 0 saturated carbocycles. The summed E-state index contributed by atoms with van der Waals surface area (Å²) in [5.41, 5.74) is -0.675. The summed E-state index contributed by atoms with van der Waals surface area (Å²) >= 11 is 1.30. The summed E-state index contributed by atoms with van der Waals surface area (Å²) in [6.45, 7) is 9.90. The fourth-order valence-corrected chi connectivity index (χ4v) is 1.81. The molecule has 0 unspecified atom stereocenters. The second kappa shape index (κ2) is 5.87. The second-order valence-corrected chi connectivity index (χ2v) is 6.11. The lowest BCUT2D eigenvalue weighted by atomic mass is 10.00. The van der Waals surface area contributed by atoms with E-state index in [0.29, 0.717) is 12.4 Å². The summed E-state index contributed by atoms with van der Waals surface area (Å²) < 4.78 is 5.42. The van der Waals surface area contributed by atoms with Crippen molar-refractivity contribution in [3.05, 3.63) is 0 Å². The Labute approximate surface area is 96.6 Å². The van der Waals surface area contributed by atoms with Crippen LogP contribution in [0, 0.1) is 5.41 Å². The molecule has 0 fully saturated rings. The maximum absolute atomic E-state index is 11.6. The molecule has 90 valence electrons. The quantitative estimate of drug-likeness (QED) is 0.791. The van der Waals surface area contributed by atoms with Crippen molar-refractivity contribution in [3.63, 3.8) is 0 Å². The van der Waals surface area contributed by atoms with Crippen LogP contribution in [0.15, 0.2) is 0 Å². The van der Waals surface area contributed by atoms with E-state index in [1.807, 2.05) is 34.6 Å². The van der Waals surface area contributed by atoms with E-state index < -0.39 is 0 Å². The molecule has 15 heavy (non-hydrogen) atoms. The van der Waals surface area contributed by atoms with E-state index in [0.717, 1.165) is 0 Å². The van der Waals surface area contributed by atoms with Gasteiger partial charge < -0.3 is 9.84 Å². The highest BCUT2D eigenvalue weighted by atomic mass is 32.2. The number of thioether (sulfide) groups is 1. The van der Waals surface area contributed by atoms with E-state index in [1.54, 1.807) is 0 Å². The molecular weight excluding hydrogens is 212 g/mol. The van der Waals surface area contributed by atoms with Gasteiger partial charge in [0, 0.05) is 11.2 Å². The van der Waals surface area contributed by atoms with Crippen molar-refractivity contribution in [2.75, 3.05) is 19.0 Å². The largest absolute Gasteiger partial charge is 0.394 e. The van der Waals surface area contributed by atoms with Crippen LogP contribution in [0.4, 0.5) is 0 Å². The molecule has 0 aliphatic heterocycles. The van der Waals surface area contributed by atoms with Crippen molar-refractivity contribution in [1.82, 2.24) is 0 Å². The number of carbonyl (C=O) groups is 1. The average Bonchev–Trinajstić information content (AvgIpc) is 2.09. The Kier molecular flexibility index (Phi) is 5.85. The van der Waals surface area contributed by atoms with E-state index in [9.17, 15) is 4.79 Å². The molecule has 0 radical (unpaired) electrons. The topological polar surface area (TPSA) is 46.5 Å². The lowest BCUT2D eigenvalue weighted by Crippen LogP contribution is -2.30. The molecular formula is C11H22O3S. The highest BCUT2D eigenvalue weighted by Gasteiger charge is 2.26. The highest BCUT2D eigenvalue weighted by molar-refractivity contribution is 8.13. The maximum atomic E-state index is 11.6. The Bertz CT molecular complexity index is 206. The van der Waals surface area contributed by atoms with Gasteiger partial charge in [0.2, 0.25) is 0 Å². The lowest BCUT2D eigenvalue weighted by Gasteiger charge is -2.25. The van der Waals surface area contributed by atoms with E-state index >= 15 is 0 Å². The third kappa shape index (κ3) is 6.93. The predicted octanol–water partition coefficient (Wildman–Crippen LogP) is 2.08. The molecule has 0 atom stereocenters. The monoisotopic (exact) mass is 234 g/mol. The highest BCUT2D eigenvalue weighted by Crippen LogP contribution is 2.26. The Morgan fingerprint density at radius 1 is 1.27 bits per heavy atom. The molecule has 1 N–H and O–H groups in total. The van der Waals surface area contributed by atoms with Crippen molar-refractivity contribution in [2.24, 2.45) is 5.41 Å². The van der Waals surface area contributed by atoms with Crippen molar-refractivity contribution in [3.8, 4) is 0 Å². The summed E-state index contributed by atoms with van der Waals surface area (Å²) in [7, 11) is 0. The fourth-order valence-electron chi connectivity index (χ4n) is 0.819. The first-order chi connectivity index (χ1) is 6.69. The van der Waals surface area contributed by atoms with Gasteiger partial charge in [0.05, 0.1) is 18.8 Å². The molecule has 0 aliphatic carbocycles. The Hall–Kier alpha value is -0.0600. The zero-order valence-corrected chi connectivity index (χ0v) is 11.1. The SMILES string of the molecule is CC(C)(CSC(=O)C(C)(C)C)OCCO. The zero-order valence-electron chi connectivity index (χ0n) is 10.3. The normalized spacial score (nSPS) is 12.9. The number of aliphatic hydroxyl groups is 1. The van der Waals surface area contributed by atoms with E-state index in [2.05, 4.69) is 0 Å². The molecule has 0 aromatic carbocycles. The van der Waals surface area contributed by atoms with Crippen LogP contribution < -0.4 is 0 Å². The van der Waals surface area contributed by atoms with E-state index in [4.69, 9.17) is 9.84 Å². The molecule has 0 aliphatic rings. The number of carbonyl (C=O) groups excluding carboxylic acids is 1. The first-order valence-corrected chi connectivity index (χ1v) is 6.10. The van der Waals surface area contributed by atoms with Gasteiger partial charge in [-0.25, -0.2) is 0 Å². The lowest BCUT2D eigenvalue weighted by molar-refractivity contribution is -0.117. The van der Waals surface area contributed by atoms with Crippen molar-refractivity contribution < 1.29 is 14.6 Å². The maximum Gasteiger partial charge on any atom is 0.194 e. The molecule has 3 nitrogen and oxygen atoms in total. The molecule has 4 heteroatoms. The molecule has 0 aromatic rings. The molecule has 0 heterocycles. The number of hydrogen-bond donors (Lipinski definition) is 1. The number of hydrogen-bond acceptors (Lipinski definition) is 4. The van der Waals surface area contributed by atoms with Crippen LogP contribution in [0.5, 0.6) is 0 Å². The summed E-state index contributed by atoms with van der Waals surface area (Å²) in [6, 6.07) is 0. The average molecular weight is 234 g/mol. The number of ether oxygens (including phenoxy) is 1. The Balaban J connectivity index is 3.98. The number of aliphatic hydroxyl groups excluding tert-OH is 1. The second-order valence-electron chi connectivity index (χ2n) is 5.16. The van der Waals surface area contributed by atoms with E-state index in [-0.39, 0.29) is 22.7 Å². The van der Waals surface area contributed by atoms with Gasteiger partial charge in [0.15, 0.2) is 5.12 Å². The van der Waals surface area contributed by atoms with Crippen LogP contribution in [-0.2, 0) is 9.53 Å². The van der Waals surface area contributed by atoms with Crippen LogP contribution in [0.25, 0.3) is 0 Å². The third-order valence-electron chi connectivity index (χ3n) is 1.75. The van der Waals surface area contributed by atoms with Gasteiger partial charge in [0.25, 0.3) is 0 Å². The zero-order chi connectivity index (χ0) is 12.1. The van der Waals surface area contributed by atoms with Gasteiger partial charge in [-0.3, -0.25) is 4.79 Å². The standard InChI is InChI=1S/C11H22O3S/c1-10(2,3)9(13)15-8-11(4,5)14-7-6-12/h12H,6-8H2,1-5H3. The van der Waals surface area contributed by atoms with Gasteiger partial charge in [0.1, 0.15) is 0 Å². The van der Waals surface area contributed by atoms with Gasteiger partial charge in [-0.1, -0.05) is 32.5 Å². The summed E-state index contributed by atoms with van der Waals surface area (Å²) in [4.78, 5) is 11.6. The van der Waals surface area contributed by atoms with E-state index in [1.165, 1.54) is 11.8 Å². The van der Waals surface area contributed by atoms with Crippen LogP contribution in [0.1, 0.15) is 34.6 Å². The molecule has 0 spiro atoms. The van der Waals surface area contributed by atoms with Crippen LogP contribution in [0.2, 0.25) is 0 Å². The predicted molar refractivity (Wildman–Crippen MR) is 64.0 cm³/mol. The third-order valence-corrected chi connectivity index (χ3v) is 3.46. The summed E-state index contributed by atoms with van der Waals surface area (Å²) in [5, 5.41) is 8.81. The molecule has 0 saturated heterocycles. The number of rotatable bonds is 5. The Morgan fingerprint density at radius 3 is 2.20 bits per heavy atom. The van der Waals surface area contributed by atoms with Gasteiger partial charge in [-0.2, -0.15) is 0 Å². The summed E-state index contributed by atoms with van der Waals surface area (Å²) in [5.74, 6) is 0.614. The van der Waals surface area contributed by atoms with Crippen LogP contribution >= 0.6 is 11.8 Å². The summed E-state index contributed by atoms with van der Waals surface area (Å²) in [6.07, 6.45) is 0. The molecule has 0 bridgehead atoms. The van der Waals surface area contributed by atoms with Crippen LogP contribution in [0.3, 0.4) is 0 Å². The van der Waals surface area contributed by atoms with Crippen molar-refractivity contribution in [2.45, 2.75) is 40.2 Å². The molecule has 0 rings (SSSR count). The van der Waals surface area contributed by atoms with Crippen LogP contribution in [-0.4, -0.2) is 34.8 Å².